The number of pyridine rings is 1. The molecule has 0 saturated carbocycles. The Hall–Kier alpha value is -3.42. The van der Waals surface area contributed by atoms with Gasteiger partial charge in [-0.25, -0.2) is 15.0 Å². The van der Waals surface area contributed by atoms with Crippen LogP contribution >= 0.6 is 11.6 Å². The summed E-state index contributed by atoms with van der Waals surface area (Å²) in [5.74, 6) is 0.234. The fourth-order valence-corrected chi connectivity index (χ4v) is 5.47. The molecular weight excluding hydrogens is 526 g/mol. The molecule has 4 rings (SSSR count). The standard InChI is InChI=1S/C25H34ClN9O4/c1-3-16-14-34(23-15(2)30-19(12-28-23)24(37)29-13-21(36)32-39)10-11-35(16)17-6-8-33(9-7-17)25(38)18-4-5-20(26)31-22(18)27/h4-5,12,16-17,21,36H,3,6-11,13-14H2,1-2H3,(H2,27,31)(H,29,37). The maximum atomic E-state index is 13.0. The van der Waals surface area contributed by atoms with Crippen LogP contribution in [0.3, 0.4) is 0 Å². The number of halogens is 1. The summed E-state index contributed by atoms with van der Waals surface area (Å²) < 4.78 is 0. The van der Waals surface area contributed by atoms with E-state index in [1.165, 1.54) is 6.20 Å². The van der Waals surface area contributed by atoms with E-state index in [9.17, 15) is 19.6 Å². The zero-order valence-electron chi connectivity index (χ0n) is 22.1. The zero-order valence-corrected chi connectivity index (χ0v) is 22.8. The molecule has 2 fully saturated rings. The van der Waals surface area contributed by atoms with Gasteiger partial charge < -0.3 is 26.0 Å². The lowest BCUT2D eigenvalue weighted by molar-refractivity contribution is 0.0491. The minimum Gasteiger partial charge on any atom is -0.383 e. The van der Waals surface area contributed by atoms with E-state index in [1.807, 2.05) is 11.8 Å². The van der Waals surface area contributed by atoms with E-state index in [0.29, 0.717) is 36.4 Å². The van der Waals surface area contributed by atoms with Crippen molar-refractivity contribution >= 4 is 35.1 Å². The molecule has 2 aromatic heterocycles. The van der Waals surface area contributed by atoms with Gasteiger partial charge in [-0.15, -0.1) is 4.91 Å². The number of carbonyl (C=O) groups excluding carboxylic acids is 2. The number of amides is 2. The molecule has 2 aromatic rings. The lowest BCUT2D eigenvalue weighted by atomic mass is 9.97. The molecule has 2 unspecified atom stereocenters. The van der Waals surface area contributed by atoms with E-state index >= 15 is 0 Å². The molecule has 14 heteroatoms. The molecule has 0 spiro atoms. The molecule has 13 nitrogen and oxygen atoms in total. The predicted molar refractivity (Wildman–Crippen MR) is 146 cm³/mol. The Morgan fingerprint density at radius 3 is 2.62 bits per heavy atom. The molecule has 4 N–H and O–H groups in total. The summed E-state index contributed by atoms with van der Waals surface area (Å²) in [5.41, 5.74) is 7.04. The van der Waals surface area contributed by atoms with Crippen molar-refractivity contribution in [2.45, 2.75) is 51.4 Å². The average molecular weight is 560 g/mol. The fraction of sp³-hybridized carbons (Fsp3) is 0.560. The Morgan fingerprint density at radius 2 is 1.97 bits per heavy atom. The molecule has 39 heavy (non-hydrogen) atoms. The number of hydrogen-bond acceptors (Lipinski definition) is 11. The van der Waals surface area contributed by atoms with E-state index < -0.39 is 12.1 Å². The molecule has 2 aliphatic rings. The second-order valence-corrected chi connectivity index (χ2v) is 10.2. The van der Waals surface area contributed by atoms with E-state index in [-0.39, 0.29) is 29.1 Å². The highest BCUT2D eigenvalue weighted by atomic mass is 35.5. The van der Waals surface area contributed by atoms with Gasteiger partial charge in [-0.2, -0.15) is 0 Å². The van der Waals surface area contributed by atoms with Crippen LogP contribution in [-0.2, 0) is 0 Å². The van der Waals surface area contributed by atoms with Crippen LogP contribution in [0.15, 0.2) is 23.5 Å². The minimum absolute atomic E-state index is 0.109. The number of aromatic nitrogens is 3. The van der Waals surface area contributed by atoms with Gasteiger partial charge in [0.25, 0.3) is 11.8 Å². The first-order chi connectivity index (χ1) is 18.7. The second-order valence-electron chi connectivity index (χ2n) is 9.80. The first-order valence-electron chi connectivity index (χ1n) is 13.1. The second kappa shape index (κ2) is 12.6. The van der Waals surface area contributed by atoms with Crippen molar-refractivity contribution in [2.24, 2.45) is 5.18 Å². The summed E-state index contributed by atoms with van der Waals surface area (Å²) in [6.45, 7) is 7.39. The van der Waals surface area contributed by atoms with Gasteiger partial charge in [0.2, 0.25) is 6.23 Å². The van der Waals surface area contributed by atoms with E-state index in [2.05, 4.69) is 42.2 Å². The number of aliphatic hydroxyl groups is 1. The molecule has 2 amide bonds. The highest BCUT2D eigenvalue weighted by Gasteiger charge is 2.35. The van der Waals surface area contributed by atoms with Gasteiger partial charge >= 0.3 is 0 Å². The van der Waals surface area contributed by atoms with Gasteiger partial charge in [0.15, 0.2) is 0 Å². The summed E-state index contributed by atoms with van der Waals surface area (Å²) in [5, 5.41) is 14.3. The van der Waals surface area contributed by atoms with Crippen LogP contribution in [-0.4, -0.2) is 99.3 Å². The Labute approximate surface area is 231 Å². The van der Waals surface area contributed by atoms with Gasteiger partial charge in [0.05, 0.1) is 24.0 Å². The number of aliphatic hydroxyl groups excluding tert-OH is 1. The maximum Gasteiger partial charge on any atom is 0.271 e. The van der Waals surface area contributed by atoms with Crippen LogP contribution in [0.1, 0.15) is 52.7 Å². The molecule has 2 aliphatic heterocycles. The van der Waals surface area contributed by atoms with E-state index in [0.717, 1.165) is 44.7 Å². The molecule has 2 atom stereocenters. The highest BCUT2D eigenvalue weighted by molar-refractivity contribution is 6.29. The van der Waals surface area contributed by atoms with Crippen molar-refractivity contribution in [1.29, 1.82) is 0 Å². The molecule has 0 bridgehead atoms. The molecule has 4 heterocycles. The van der Waals surface area contributed by atoms with Crippen LogP contribution in [0, 0.1) is 11.8 Å². The number of hydrogen-bond donors (Lipinski definition) is 3. The Kier molecular flexibility index (Phi) is 9.25. The number of nitrogen functional groups attached to an aromatic ring is 1. The van der Waals surface area contributed by atoms with E-state index in [1.54, 1.807) is 12.1 Å². The molecular formula is C25H34ClN9O4. The van der Waals surface area contributed by atoms with Crippen LogP contribution in [0.5, 0.6) is 0 Å². The maximum absolute atomic E-state index is 13.0. The number of nitrogens with zero attached hydrogens (tertiary/aromatic N) is 7. The third-order valence-corrected chi connectivity index (χ3v) is 7.57. The van der Waals surface area contributed by atoms with Crippen LogP contribution < -0.4 is 16.0 Å². The van der Waals surface area contributed by atoms with Crippen LogP contribution in [0.25, 0.3) is 0 Å². The average Bonchev–Trinajstić information content (AvgIpc) is 2.95. The number of aryl methyl sites for hydroxylation is 1. The van der Waals surface area contributed by atoms with Crippen LogP contribution in [0.4, 0.5) is 11.6 Å². The van der Waals surface area contributed by atoms with Gasteiger partial charge in [0, 0.05) is 44.8 Å². The molecule has 210 valence electrons. The van der Waals surface area contributed by atoms with Crippen LogP contribution in [0.2, 0.25) is 5.15 Å². The Balaban J connectivity index is 1.34. The number of likely N-dealkylation sites (tertiary alicyclic amines) is 1. The summed E-state index contributed by atoms with van der Waals surface area (Å²) in [7, 11) is 0. The predicted octanol–water partition coefficient (Wildman–Crippen LogP) is 1.44. The van der Waals surface area contributed by atoms with Crippen molar-refractivity contribution in [3.05, 3.63) is 45.3 Å². The number of piperazine rings is 1. The normalized spacial score (nSPS) is 19.5. The number of nitrogens with two attached hydrogens (primary N) is 1. The Morgan fingerprint density at radius 1 is 1.23 bits per heavy atom. The molecule has 2 saturated heterocycles. The first kappa shape index (κ1) is 28.6. The fourth-order valence-electron chi connectivity index (χ4n) is 5.31. The van der Waals surface area contributed by atoms with Crippen molar-refractivity contribution < 1.29 is 14.7 Å². The minimum atomic E-state index is -1.50. The summed E-state index contributed by atoms with van der Waals surface area (Å²) in [4.78, 5) is 55.1. The molecule has 0 radical (unpaired) electrons. The van der Waals surface area contributed by atoms with Gasteiger partial charge in [-0.1, -0.05) is 18.5 Å². The number of piperidine rings is 1. The smallest absolute Gasteiger partial charge is 0.271 e. The topological polar surface area (TPSA) is 170 Å². The number of anilines is 2. The SMILES string of the molecule is CCC1CN(c2ncc(C(=O)NCC(O)N=O)nc2C)CCN1C1CCN(C(=O)c2ccc(Cl)nc2N)CC1. The number of rotatable bonds is 8. The Bertz CT molecular complexity index is 1210. The monoisotopic (exact) mass is 559 g/mol. The summed E-state index contributed by atoms with van der Waals surface area (Å²) in [6, 6.07) is 3.89. The quantitative estimate of drug-likeness (QED) is 0.317. The lowest BCUT2D eigenvalue weighted by Crippen LogP contribution is -2.59. The number of nitroso groups, excluding NO2 is 1. The largest absolute Gasteiger partial charge is 0.383 e. The van der Waals surface area contributed by atoms with Gasteiger partial charge in [-0.05, 0) is 43.5 Å². The van der Waals surface area contributed by atoms with Crippen molar-refractivity contribution in [3.63, 3.8) is 0 Å². The van der Waals surface area contributed by atoms with E-state index in [4.69, 9.17) is 17.3 Å². The van der Waals surface area contributed by atoms with Crippen molar-refractivity contribution in [2.75, 3.05) is 49.9 Å². The number of carbonyl (C=O) groups is 2. The first-order valence-corrected chi connectivity index (χ1v) is 13.4. The molecule has 0 aliphatic carbocycles. The lowest BCUT2D eigenvalue weighted by Gasteiger charge is -2.47. The summed E-state index contributed by atoms with van der Waals surface area (Å²) in [6.07, 6.45) is 2.61. The highest BCUT2D eigenvalue weighted by Crippen LogP contribution is 2.27. The van der Waals surface area contributed by atoms with Gasteiger partial charge in [0.1, 0.15) is 22.5 Å². The third kappa shape index (κ3) is 6.60. The molecule has 0 aromatic carbocycles. The van der Waals surface area contributed by atoms with Crippen molar-refractivity contribution in [3.8, 4) is 0 Å². The summed E-state index contributed by atoms with van der Waals surface area (Å²) >= 11 is 5.88. The van der Waals surface area contributed by atoms with Gasteiger partial charge in [-0.3, -0.25) is 14.5 Å². The number of nitrogens with one attached hydrogen (secondary N) is 1. The zero-order chi connectivity index (χ0) is 28.1. The van der Waals surface area contributed by atoms with Crippen molar-refractivity contribution in [1.82, 2.24) is 30.1 Å². The third-order valence-electron chi connectivity index (χ3n) is 7.36.